The fourth-order valence-corrected chi connectivity index (χ4v) is 4.78. The van der Waals surface area contributed by atoms with Crippen LogP contribution in [0.1, 0.15) is 15.9 Å². The number of fused-ring (bicyclic) bond motifs is 1. The van der Waals surface area contributed by atoms with Gasteiger partial charge in [0.05, 0.1) is 30.8 Å². The molecule has 8 heteroatoms. The first-order valence-corrected chi connectivity index (χ1v) is 11.7. The summed E-state index contributed by atoms with van der Waals surface area (Å²) in [5.41, 5.74) is 4.65. The van der Waals surface area contributed by atoms with Gasteiger partial charge in [0, 0.05) is 55.6 Å². The molecule has 0 N–H and O–H groups in total. The molecule has 3 aromatic rings. The van der Waals surface area contributed by atoms with Crippen molar-refractivity contribution in [2.75, 3.05) is 55.7 Å². The minimum atomic E-state index is 0.0444. The van der Waals surface area contributed by atoms with Crippen LogP contribution in [0.25, 0.3) is 11.3 Å². The zero-order valence-corrected chi connectivity index (χ0v) is 18.9. The van der Waals surface area contributed by atoms with Gasteiger partial charge in [-0.2, -0.15) is 4.98 Å². The molecular weight excluding hydrogens is 428 g/mol. The summed E-state index contributed by atoms with van der Waals surface area (Å²) in [6, 6.07) is 11.8. The Morgan fingerprint density at radius 2 is 1.82 bits per heavy atom. The van der Waals surface area contributed by atoms with Crippen LogP contribution in [0.3, 0.4) is 0 Å². The first-order valence-electron chi connectivity index (χ1n) is 11.7. The summed E-state index contributed by atoms with van der Waals surface area (Å²) in [5, 5.41) is 0. The van der Waals surface area contributed by atoms with Crippen molar-refractivity contribution >= 4 is 23.4 Å². The van der Waals surface area contributed by atoms with E-state index in [0.29, 0.717) is 37.8 Å². The van der Waals surface area contributed by atoms with Crippen LogP contribution in [0, 0.1) is 0 Å². The second kappa shape index (κ2) is 8.87. The summed E-state index contributed by atoms with van der Waals surface area (Å²) in [7, 11) is 0. The lowest BCUT2D eigenvalue weighted by Crippen LogP contribution is -2.37. The van der Waals surface area contributed by atoms with Gasteiger partial charge in [-0.15, -0.1) is 0 Å². The third kappa shape index (κ3) is 3.80. The summed E-state index contributed by atoms with van der Waals surface area (Å²) in [6.07, 6.45) is 8.54. The van der Waals surface area contributed by atoms with Crippen molar-refractivity contribution in [2.45, 2.75) is 6.42 Å². The highest BCUT2D eigenvalue weighted by molar-refractivity contribution is 5.96. The molecule has 0 spiro atoms. The normalized spacial score (nSPS) is 17.4. The first kappa shape index (κ1) is 20.8. The van der Waals surface area contributed by atoms with Gasteiger partial charge in [-0.25, -0.2) is 4.98 Å². The van der Waals surface area contributed by atoms with Gasteiger partial charge < -0.3 is 19.4 Å². The average molecular weight is 455 g/mol. The summed E-state index contributed by atoms with van der Waals surface area (Å²) in [6.45, 7) is 4.97. The third-order valence-corrected chi connectivity index (χ3v) is 6.55. The van der Waals surface area contributed by atoms with Gasteiger partial charge in [-0.1, -0.05) is 24.3 Å². The van der Waals surface area contributed by atoms with Gasteiger partial charge in [0.2, 0.25) is 5.95 Å². The summed E-state index contributed by atoms with van der Waals surface area (Å²) >= 11 is 0. The predicted octanol–water partition coefficient (Wildman–Crippen LogP) is 3.08. The van der Waals surface area contributed by atoms with Crippen LogP contribution >= 0.6 is 0 Å². The molecule has 3 aliphatic heterocycles. The van der Waals surface area contributed by atoms with E-state index < -0.39 is 0 Å². The van der Waals surface area contributed by atoms with E-state index >= 15 is 0 Å². The molecule has 3 aliphatic rings. The van der Waals surface area contributed by atoms with E-state index in [1.807, 2.05) is 53.6 Å². The molecule has 1 saturated heterocycles. The second-order valence-corrected chi connectivity index (χ2v) is 8.65. The highest BCUT2D eigenvalue weighted by Crippen LogP contribution is 2.39. The summed E-state index contributed by atoms with van der Waals surface area (Å²) < 4.78 is 5.55. The Kier molecular flexibility index (Phi) is 5.43. The van der Waals surface area contributed by atoms with E-state index in [2.05, 4.69) is 20.9 Å². The molecule has 0 bridgehead atoms. The Balaban J connectivity index is 1.44. The van der Waals surface area contributed by atoms with Crippen LogP contribution < -0.4 is 9.80 Å². The van der Waals surface area contributed by atoms with E-state index in [-0.39, 0.29) is 5.91 Å². The molecular formula is C26H26N6O2. The minimum Gasteiger partial charge on any atom is -0.378 e. The number of hydrogen-bond acceptors (Lipinski definition) is 7. The average Bonchev–Trinajstić information content (AvgIpc) is 3.59. The molecule has 0 atom stereocenters. The van der Waals surface area contributed by atoms with Crippen LogP contribution in [0.4, 0.5) is 17.5 Å². The topological polar surface area (TPSA) is 74.7 Å². The van der Waals surface area contributed by atoms with Crippen molar-refractivity contribution in [3.8, 4) is 11.3 Å². The number of ether oxygens (including phenoxy) is 1. The summed E-state index contributed by atoms with van der Waals surface area (Å²) in [5.74, 6) is 1.66. The van der Waals surface area contributed by atoms with Gasteiger partial charge in [0.15, 0.2) is 0 Å². The fraction of sp³-hybridized carbons (Fsp3) is 0.308. The maximum atomic E-state index is 13.0. The van der Waals surface area contributed by atoms with Crippen molar-refractivity contribution in [1.29, 1.82) is 0 Å². The quantitative estimate of drug-likeness (QED) is 0.561. The number of rotatable bonds is 4. The van der Waals surface area contributed by atoms with Crippen molar-refractivity contribution in [3.63, 3.8) is 0 Å². The standard InChI is InChI=1S/C26H26N6O2/c33-25(30-10-1-2-11-30)20-6-3-5-19(17-20)23-22-8-12-32(21-7-4-9-27-18-21)24(22)29-26(28-23)31-13-15-34-16-14-31/h1-7,9,17-18H,8,10-16H2. The highest BCUT2D eigenvalue weighted by Gasteiger charge is 2.29. The third-order valence-electron chi connectivity index (χ3n) is 6.55. The fourth-order valence-electron chi connectivity index (χ4n) is 4.78. The molecule has 0 aliphatic carbocycles. The lowest BCUT2D eigenvalue weighted by atomic mass is 10.0. The number of anilines is 3. The Hall–Kier alpha value is -3.78. The molecule has 0 saturated carbocycles. The van der Waals surface area contributed by atoms with Crippen LogP contribution in [0.15, 0.2) is 60.9 Å². The van der Waals surface area contributed by atoms with Crippen LogP contribution in [0.2, 0.25) is 0 Å². The number of amides is 1. The maximum Gasteiger partial charge on any atom is 0.254 e. The van der Waals surface area contributed by atoms with Crippen molar-refractivity contribution in [2.24, 2.45) is 0 Å². The number of morpholine rings is 1. The van der Waals surface area contributed by atoms with Crippen molar-refractivity contribution < 1.29 is 9.53 Å². The van der Waals surface area contributed by atoms with Gasteiger partial charge in [0.25, 0.3) is 5.91 Å². The smallest absolute Gasteiger partial charge is 0.254 e. The lowest BCUT2D eigenvalue weighted by molar-refractivity contribution is 0.0800. The minimum absolute atomic E-state index is 0.0444. The molecule has 8 nitrogen and oxygen atoms in total. The number of nitrogens with zero attached hydrogens (tertiary/aromatic N) is 6. The lowest BCUT2D eigenvalue weighted by Gasteiger charge is -2.28. The molecule has 1 aromatic carbocycles. The van der Waals surface area contributed by atoms with E-state index in [1.54, 1.807) is 6.20 Å². The van der Waals surface area contributed by atoms with Crippen molar-refractivity contribution in [1.82, 2.24) is 19.9 Å². The SMILES string of the molecule is O=C(c1cccc(-c2nc(N3CCOCC3)nc3c2CCN3c2cccnc2)c1)N1CC=CC1. The zero-order valence-electron chi connectivity index (χ0n) is 18.9. The Morgan fingerprint density at radius 3 is 2.62 bits per heavy atom. The van der Waals surface area contributed by atoms with E-state index in [4.69, 9.17) is 14.7 Å². The number of benzene rings is 1. The Morgan fingerprint density at radius 1 is 0.971 bits per heavy atom. The van der Waals surface area contributed by atoms with E-state index in [0.717, 1.165) is 54.4 Å². The molecule has 0 radical (unpaired) electrons. The number of hydrogen-bond donors (Lipinski definition) is 0. The molecule has 1 fully saturated rings. The van der Waals surface area contributed by atoms with Crippen molar-refractivity contribution in [3.05, 3.63) is 72.1 Å². The van der Waals surface area contributed by atoms with Gasteiger partial charge in [-0.3, -0.25) is 9.78 Å². The summed E-state index contributed by atoms with van der Waals surface area (Å²) in [4.78, 5) is 33.6. The molecule has 0 unspecified atom stereocenters. The Bertz CT molecular complexity index is 1230. The number of pyridine rings is 1. The van der Waals surface area contributed by atoms with Gasteiger partial charge in [-0.05, 0) is 30.7 Å². The molecule has 6 rings (SSSR count). The van der Waals surface area contributed by atoms with Gasteiger partial charge in [0.1, 0.15) is 5.82 Å². The van der Waals surface area contributed by atoms with Gasteiger partial charge >= 0.3 is 0 Å². The second-order valence-electron chi connectivity index (χ2n) is 8.65. The Labute approximate surface area is 198 Å². The van der Waals surface area contributed by atoms with Crippen LogP contribution in [-0.4, -0.2) is 71.7 Å². The number of carbonyl (C=O) groups excluding carboxylic acids is 1. The number of carbonyl (C=O) groups is 1. The molecule has 5 heterocycles. The van der Waals surface area contributed by atoms with E-state index in [9.17, 15) is 4.79 Å². The largest absolute Gasteiger partial charge is 0.378 e. The molecule has 2 aromatic heterocycles. The zero-order chi connectivity index (χ0) is 22.9. The first-order chi connectivity index (χ1) is 16.8. The molecule has 1 amide bonds. The number of aromatic nitrogens is 3. The van der Waals surface area contributed by atoms with Crippen LogP contribution in [-0.2, 0) is 11.2 Å². The predicted molar refractivity (Wildman–Crippen MR) is 130 cm³/mol. The van der Waals surface area contributed by atoms with Crippen LogP contribution in [0.5, 0.6) is 0 Å². The monoisotopic (exact) mass is 454 g/mol. The molecule has 34 heavy (non-hydrogen) atoms. The maximum absolute atomic E-state index is 13.0. The van der Waals surface area contributed by atoms with E-state index in [1.165, 1.54) is 0 Å². The molecule has 172 valence electrons. The highest BCUT2D eigenvalue weighted by atomic mass is 16.5.